The number of hydrogen-bond acceptors (Lipinski definition) is 9. The van der Waals surface area contributed by atoms with Crippen molar-refractivity contribution in [2.45, 2.75) is 39.2 Å². The minimum absolute atomic E-state index is 0.0721. The van der Waals surface area contributed by atoms with Gasteiger partial charge >= 0.3 is 5.97 Å². The van der Waals surface area contributed by atoms with Crippen LogP contribution >= 0.6 is 11.6 Å². The zero-order chi connectivity index (χ0) is 28.3. The molecule has 1 aromatic carbocycles. The van der Waals surface area contributed by atoms with Gasteiger partial charge in [0.05, 0.1) is 17.6 Å². The molecule has 3 heterocycles. The minimum atomic E-state index is -0.508. The summed E-state index contributed by atoms with van der Waals surface area (Å²) in [5.41, 5.74) is 0.533. The van der Waals surface area contributed by atoms with E-state index in [-0.39, 0.29) is 35.7 Å². The van der Waals surface area contributed by atoms with Crippen molar-refractivity contribution in [3.63, 3.8) is 0 Å². The number of nitrogens with zero attached hydrogens (tertiary/aromatic N) is 4. The molecule has 1 aliphatic rings. The number of ether oxygens (including phenoxy) is 2. The zero-order valence-electron chi connectivity index (χ0n) is 22.7. The Morgan fingerprint density at radius 1 is 1.18 bits per heavy atom. The summed E-state index contributed by atoms with van der Waals surface area (Å²) < 4.78 is 12.4. The molecule has 1 aliphatic heterocycles. The summed E-state index contributed by atoms with van der Waals surface area (Å²) in [6.45, 7) is 6.58. The Hall–Kier alpha value is -3.86. The topological polar surface area (TPSA) is 128 Å². The van der Waals surface area contributed by atoms with Gasteiger partial charge in [-0.25, -0.2) is 4.98 Å². The van der Waals surface area contributed by atoms with E-state index in [1.54, 1.807) is 25.4 Å². The van der Waals surface area contributed by atoms with Gasteiger partial charge in [-0.05, 0) is 57.9 Å². The second-order valence-corrected chi connectivity index (χ2v) is 10.8. The molecule has 0 bridgehead atoms. The maximum absolute atomic E-state index is 12.6. The molecule has 0 saturated carbocycles. The minimum Gasteiger partial charge on any atom is -0.478 e. The molecule has 0 radical (unpaired) electrons. The first-order chi connectivity index (χ1) is 18.4. The van der Waals surface area contributed by atoms with Crippen molar-refractivity contribution in [1.82, 2.24) is 19.9 Å². The van der Waals surface area contributed by atoms with Crippen LogP contribution in [-0.4, -0.2) is 58.8 Å². The van der Waals surface area contributed by atoms with Crippen LogP contribution < -0.4 is 25.8 Å². The molecule has 2 N–H and O–H groups in total. The molecule has 0 unspecified atom stereocenters. The Bertz CT molecular complexity index is 1440. The largest absolute Gasteiger partial charge is 0.478 e. The highest BCUT2D eigenvalue weighted by Gasteiger charge is 2.30. The lowest BCUT2D eigenvalue weighted by atomic mass is 9.97. The fourth-order valence-electron chi connectivity index (χ4n) is 4.28. The van der Waals surface area contributed by atoms with Crippen molar-refractivity contribution in [3.8, 4) is 5.75 Å². The predicted molar refractivity (Wildman–Crippen MR) is 150 cm³/mol. The Kier molecular flexibility index (Phi) is 8.29. The quantitative estimate of drug-likeness (QED) is 0.421. The molecule has 0 aliphatic carbocycles. The van der Waals surface area contributed by atoms with Crippen molar-refractivity contribution in [2.75, 3.05) is 37.0 Å². The lowest BCUT2D eigenvalue weighted by molar-refractivity contribution is -0.160. The second-order valence-electron chi connectivity index (χ2n) is 10.4. The van der Waals surface area contributed by atoms with Gasteiger partial charge in [0.1, 0.15) is 10.6 Å². The maximum atomic E-state index is 12.6. The van der Waals surface area contributed by atoms with Crippen LogP contribution in [0.4, 0.5) is 17.5 Å². The number of aryl methyl sites for hydroxylation is 1. The van der Waals surface area contributed by atoms with Crippen LogP contribution in [0.3, 0.4) is 0 Å². The SMILES string of the molecule is CNC(=O)COc1cc2cc(Nc3nc(N4CCC(C(=O)OC(C)(C)C)CC4)ncc3Cl)ccc2n(C)c1=O. The van der Waals surface area contributed by atoms with E-state index in [4.69, 9.17) is 21.1 Å². The highest BCUT2D eigenvalue weighted by molar-refractivity contribution is 6.32. The third kappa shape index (κ3) is 6.78. The lowest BCUT2D eigenvalue weighted by Crippen LogP contribution is -2.39. The first-order valence-corrected chi connectivity index (χ1v) is 13.1. The highest BCUT2D eigenvalue weighted by atomic mass is 35.5. The number of benzene rings is 1. The van der Waals surface area contributed by atoms with E-state index in [2.05, 4.69) is 20.6 Å². The van der Waals surface area contributed by atoms with Crippen molar-refractivity contribution >= 4 is 51.8 Å². The molecule has 3 aromatic rings. The van der Waals surface area contributed by atoms with Crippen molar-refractivity contribution < 1.29 is 19.1 Å². The van der Waals surface area contributed by atoms with Gasteiger partial charge in [-0.3, -0.25) is 14.4 Å². The number of fused-ring (bicyclic) bond motifs is 1. The molecule has 1 amide bonds. The van der Waals surface area contributed by atoms with Crippen LogP contribution in [0, 0.1) is 5.92 Å². The van der Waals surface area contributed by atoms with Gasteiger partial charge in [0, 0.05) is 38.3 Å². The van der Waals surface area contributed by atoms with E-state index < -0.39 is 5.60 Å². The summed E-state index contributed by atoms with van der Waals surface area (Å²) in [5, 5.41) is 6.76. The lowest BCUT2D eigenvalue weighted by Gasteiger charge is -2.32. The number of piperidine rings is 1. The van der Waals surface area contributed by atoms with Gasteiger partial charge in [0.25, 0.3) is 11.5 Å². The summed E-state index contributed by atoms with van der Waals surface area (Å²) in [6.07, 6.45) is 2.84. The van der Waals surface area contributed by atoms with Crippen molar-refractivity contribution in [2.24, 2.45) is 13.0 Å². The number of nitrogens with one attached hydrogen (secondary N) is 2. The average molecular weight is 557 g/mol. The fourth-order valence-corrected chi connectivity index (χ4v) is 4.42. The molecule has 11 nitrogen and oxygen atoms in total. The normalized spacial score (nSPS) is 14.3. The summed E-state index contributed by atoms with van der Waals surface area (Å²) in [5.74, 6) is 0.356. The number of amides is 1. The van der Waals surface area contributed by atoms with Gasteiger partial charge in [-0.15, -0.1) is 0 Å². The summed E-state index contributed by atoms with van der Waals surface area (Å²) in [4.78, 5) is 47.7. The Balaban J connectivity index is 1.50. The standard InChI is InChI=1S/C27H33ClN6O5/c1-27(2,3)39-25(37)16-8-10-34(11-9-16)26-30-14-19(28)23(32-26)31-18-6-7-20-17(12-18)13-21(24(36)33(20)5)38-15-22(35)29-4/h6-7,12-14,16H,8-11,15H2,1-5H3,(H,29,35)(H,30,31,32). The Morgan fingerprint density at radius 3 is 2.56 bits per heavy atom. The Labute approximate surface area is 231 Å². The third-order valence-corrected chi connectivity index (χ3v) is 6.62. The van der Waals surface area contributed by atoms with Crippen molar-refractivity contribution in [1.29, 1.82) is 0 Å². The predicted octanol–water partition coefficient (Wildman–Crippen LogP) is 3.41. The van der Waals surface area contributed by atoms with Gasteiger partial charge < -0.3 is 29.6 Å². The number of hydrogen-bond donors (Lipinski definition) is 2. The molecule has 12 heteroatoms. The van der Waals surface area contributed by atoms with E-state index in [0.717, 1.165) is 5.39 Å². The molecule has 1 saturated heterocycles. The molecule has 4 rings (SSSR count). The number of pyridine rings is 1. The summed E-state index contributed by atoms with van der Waals surface area (Å²) >= 11 is 6.41. The second kappa shape index (κ2) is 11.5. The molecule has 1 fully saturated rings. The maximum Gasteiger partial charge on any atom is 0.309 e. The number of carbonyl (C=O) groups is 2. The van der Waals surface area contributed by atoms with Gasteiger partial charge in [0.2, 0.25) is 5.95 Å². The van der Waals surface area contributed by atoms with E-state index in [1.807, 2.05) is 37.8 Å². The van der Waals surface area contributed by atoms with E-state index in [1.165, 1.54) is 11.6 Å². The molecule has 2 aromatic heterocycles. The summed E-state index contributed by atoms with van der Waals surface area (Å²) in [7, 11) is 3.14. The number of likely N-dealkylation sites (N-methyl/N-ethyl adjacent to an activating group) is 1. The first kappa shape index (κ1) is 28.2. The third-order valence-electron chi connectivity index (χ3n) is 6.34. The number of esters is 1. The molecule has 39 heavy (non-hydrogen) atoms. The van der Waals surface area contributed by atoms with Gasteiger partial charge in [-0.2, -0.15) is 4.98 Å². The van der Waals surface area contributed by atoms with Gasteiger partial charge in [0.15, 0.2) is 18.2 Å². The van der Waals surface area contributed by atoms with Crippen LogP contribution in [0.5, 0.6) is 5.75 Å². The molecule has 208 valence electrons. The number of anilines is 3. The van der Waals surface area contributed by atoms with Crippen LogP contribution in [-0.2, 0) is 21.4 Å². The van der Waals surface area contributed by atoms with E-state index >= 15 is 0 Å². The number of aromatic nitrogens is 3. The van der Waals surface area contributed by atoms with Crippen LogP contribution in [0.15, 0.2) is 35.3 Å². The molecule has 0 atom stereocenters. The smallest absolute Gasteiger partial charge is 0.309 e. The molecular formula is C27H33ClN6O5. The van der Waals surface area contributed by atoms with Gasteiger partial charge in [-0.1, -0.05) is 11.6 Å². The number of carbonyl (C=O) groups excluding carboxylic acids is 2. The molecule has 0 spiro atoms. The average Bonchev–Trinajstić information content (AvgIpc) is 2.90. The fraction of sp³-hybridized carbons (Fsp3) is 0.444. The van der Waals surface area contributed by atoms with E-state index in [0.29, 0.717) is 53.9 Å². The Morgan fingerprint density at radius 2 is 1.90 bits per heavy atom. The molecular weight excluding hydrogens is 524 g/mol. The van der Waals surface area contributed by atoms with Crippen molar-refractivity contribution in [3.05, 3.63) is 45.8 Å². The summed E-state index contributed by atoms with van der Waals surface area (Å²) in [6, 6.07) is 7.07. The monoisotopic (exact) mass is 556 g/mol. The van der Waals surface area contributed by atoms with Crippen LogP contribution in [0.2, 0.25) is 5.02 Å². The van der Waals surface area contributed by atoms with Crippen LogP contribution in [0.25, 0.3) is 10.9 Å². The number of rotatable bonds is 7. The zero-order valence-corrected chi connectivity index (χ0v) is 23.5. The highest BCUT2D eigenvalue weighted by Crippen LogP contribution is 2.29. The number of halogens is 1. The van der Waals surface area contributed by atoms with Crippen LogP contribution in [0.1, 0.15) is 33.6 Å². The first-order valence-electron chi connectivity index (χ1n) is 12.7. The van der Waals surface area contributed by atoms with E-state index in [9.17, 15) is 14.4 Å².